The fourth-order valence-electron chi connectivity index (χ4n) is 1.42. The van der Waals surface area contributed by atoms with Crippen LogP contribution in [-0.2, 0) is 14.3 Å². The molecule has 0 saturated carbocycles. The van der Waals surface area contributed by atoms with Crippen LogP contribution < -0.4 is 5.73 Å². The molecule has 1 rings (SSSR count). The van der Waals surface area contributed by atoms with Gasteiger partial charge in [-0.15, -0.1) is 0 Å². The Balaban J connectivity index is -0.000000117. The van der Waals surface area contributed by atoms with Crippen LogP contribution in [0.4, 0.5) is 0 Å². The molecule has 0 radical (unpaired) electrons. The number of nitrogens with two attached hydrogens (primary N) is 1. The molecule has 1 aliphatic heterocycles. The van der Waals surface area contributed by atoms with Crippen LogP contribution in [0, 0.1) is 5.92 Å². The van der Waals surface area contributed by atoms with E-state index < -0.39 is 0 Å². The normalized spacial score (nSPS) is 14.6. The highest BCUT2D eigenvalue weighted by molar-refractivity contribution is 5.78. The third-order valence-electron chi connectivity index (χ3n) is 2.14. The molecule has 0 aromatic heterocycles. The SMILES string of the molecule is CC.CC(C)C.CC1CCCN1C(=O)CN.CCC.COC=O. The van der Waals surface area contributed by atoms with Gasteiger partial charge >= 0.3 is 0 Å². The Labute approximate surface area is 144 Å². The molecule has 5 nitrogen and oxygen atoms in total. The molecule has 23 heavy (non-hydrogen) atoms. The minimum atomic E-state index is 0.0880. The van der Waals surface area contributed by atoms with Crippen LogP contribution >= 0.6 is 0 Å². The van der Waals surface area contributed by atoms with E-state index >= 15 is 0 Å². The number of rotatable bonds is 2. The van der Waals surface area contributed by atoms with Crippen LogP contribution in [0.15, 0.2) is 0 Å². The maximum atomic E-state index is 11.0. The number of nitrogens with zero attached hydrogens (tertiary/aromatic N) is 1. The number of methoxy groups -OCH3 is 1. The molecule has 5 heteroatoms. The number of hydrogen-bond acceptors (Lipinski definition) is 4. The number of carbonyl (C=O) groups excluding carboxylic acids is 2. The van der Waals surface area contributed by atoms with Crippen molar-refractivity contribution in [3.63, 3.8) is 0 Å². The summed E-state index contributed by atoms with van der Waals surface area (Å²) in [5.41, 5.74) is 5.22. The Bertz CT molecular complexity index is 232. The third-order valence-corrected chi connectivity index (χ3v) is 2.14. The topological polar surface area (TPSA) is 72.6 Å². The predicted octanol–water partition coefficient (Wildman–Crippen LogP) is 3.85. The lowest BCUT2D eigenvalue weighted by molar-refractivity contribution is -0.130. The Morgan fingerprint density at radius 1 is 1.30 bits per heavy atom. The van der Waals surface area contributed by atoms with Gasteiger partial charge in [-0.2, -0.15) is 0 Å². The summed E-state index contributed by atoms with van der Waals surface area (Å²) in [6.07, 6.45) is 3.51. The summed E-state index contributed by atoms with van der Waals surface area (Å²) in [6.45, 7) is 18.3. The fourth-order valence-corrected chi connectivity index (χ4v) is 1.42. The molecule has 1 aliphatic rings. The van der Waals surface area contributed by atoms with Crippen LogP contribution in [0.2, 0.25) is 0 Å². The molecule has 1 saturated heterocycles. The summed E-state index contributed by atoms with van der Waals surface area (Å²) in [7, 11) is 1.31. The summed E-state index contributed by atoms with van der Waals surface area (Å²) < 4.78 is 3.86. The zero-order valence-corrected chi connectivity index (χ0v) is 17.0. The molecule has 0 aromatic carbocycles. The van der Waals surface area contributed by atoms with Crippen molar-refractivity contribution in [2.24, 2.45) is 11.7 Å². The van der Waals surface area contributed by atoms with Crippen LogP contribution in [0.1, 0.15) is 74.7 Å². The summed E-state index contributed by atoms with van der Waals surface area (Å²) in [6, 6.07) is 0.413. The molecular weight excluding hydrogens is 292 g/mol. The average Bonchev–Trinajstić information content (AvgIpc) is 2.95. The lowest BCUT2D eigenvalue weighted by atomic mass is 10.2. The van der Waals surface area contributed by atoms with Crippen LogP contribution in [-0.4, -0.2) is 43.5 Å². The second kappa shape index (κ2) is 25.8. The molecule has 142 valence electrons. The molecule has 1 atom stereocenters. The van der Waals surface area contributed by atoms with Gasteiger partial charge < -0.3 is 15.4 Å². The van der Waals surface area contributed by atoms with Crippen molar-refractivity contribution >= 4 is 12.4 Å². The van der Waals surface area contributed by atoms with Gasteiger partial charge in [-0.05, 0) is 25.7 Å². The van der Waals surface area contributed by atoms with Crippen molar-refractivity contribution in [2.45, 2.75) is 80.7 Å². The average molecular weight is 335 g/mol. The lowest BCUT2D eigenvalue weighted by Crippen LogP contribution is -2.37. The van der Waals surface area contributed by atoms with Crippen molar-refractivity contribution in [1.82, 2.24) is 4.90 Å². The van der Waals surface area contributed by atoms with Crippen LogP contribution in [0.3, 0.4) is 0 Å². The maximum absolute atomic E-state index is 11.0. The van der Waals surface area contributed by atoms with Crippen molar-refractivity contribution in [3.8, 4) is 0 Å². The Morgan fingerprint density at radius 3 is 1.83 bits per heavy atom. The molecule has 0 aromatic rings. The Kier molecular flexibility index (Phi) is 33.5. The first-order chi connectivity index (χ1) is 10.8. The van der Waals surface area contributed by atoms with E-state index in [0.717, 1.165) is 25.3 Å². The Hall–Kier alpha value is -1.10. The van der Waals surface area contributed by atoms with Crippen molar-refractivity contribution in [2.75, 3.05) is 20.2 Å². The van der Waals surface area contributed by atoms with Gasteiger partial charge in [0.25, 0.3) is 6.47 Å². The van der Waals surface area contributed by atoms with E-state index in [4.69, 9.17) is 10.5 Å². The van der Waals surface area contributed by atoms with E-state index in [0.29, 0.717) is 12.5 Å². The van der Waals surface area contributed by atoms with E-state index in [1.54, 1.807) is 0 Å². The first kappa shape index (κ1) is 29.9. The van der Waals surface area contributed by atoms with Crippen LogP contribution in [0.25, 0.3) is 0 Å². The number of carbonyl (C=O) groups is 2. The molecule has 0 bridgehead atoms. The lowest BCUT2D eigenvalue weighted by Gasteiger charge is -2.19. The van der Waals surface area contributed by atoms with Gasteiger partial charge in [0.15, 0.2) is 0 Å². The fraction of sp³-hybridized carbons (Fsp3) is 0.889. The van der Waals surface area contributed by atoms with E-state index in [9.17, 15) is 4.79 Å². The number of hydrogen-bond donors (Lipinski definition) is 1. The standard InChI is InChI=1S/C7H14N2O.C4H10.C3H8.C2H4O2.C2H6/c1-6-3-2-4-9(6)7(10)5-8;1-4(2)3;1-3-2;1-4-2-3;1-2/h6H,2-5,8H2,1H3;4H,1-3H3;3H2,1-2H3;2H,1H3;1-2H3. The van der Waals surface area contributed by atoms with E-state index in [1.165, 1.54) is 13.5 Å². The third kappa shape index (κ3) is 29.5. The van der Waals surface area contributed by atoms with Gasteiger partial charge in [-0.1, -0.05) is 54.9 Å². The molecule has 1 unspecified atom stereocenters. The highest BCUT2D eigenvalue weighted by Gasteiger charge is 2.23. The van der Waals surface area contributed by atoms with Crippen molar-refractivity contribution in [1.29, 1.82) is 0 Å². The minimum Gasteiger partial charge on any atom is -0.471 e. The van der Waals surface area contributed by atoms with Gasteiger partial charge in [0.2, 0.25) is 5.91 Å². The highest BCUT2D eigenvalue weighted by Crippen LogP contribution is 2.15. The first-order valence-corrected chi connectivity index (χ1v) is 8.78. The second-order valence-corrected chi connectivity index (χ2v) is 5.55. The quantitative estimate of drug-likeness (QED) is 0.779. The summed E-state index contributed by atoms with van der Waals surface area (Å²) in [4.78, 5) is 21.8. The minimum absolute atomic E-state index is 0.0880. The second-order valence-electron chi connectivity index (χ2n) is 5.55. The molecule has 0 spiro atoms. The van der Waals surface area contributed by atoms with Gasteiger partial charge in [0.05, 0.1) is 13.7 Å². The number of likely N-dealkylation sites (tertiary alicyclic amines) is 1. The zero-order valence-electron chi connectivity index (χ0n) is 17.0. The summed E-state index contributed by atoms with van der Waals surface area (Å²) in [5, 5.41) is 0. The van der Waals surface area contributed by atoms with Gasteiger partial charge in [0, 0.05) is 12.6 Å². The molecule has 1 amide bonds. The summed E-state index contributed by atoms with van der Waals surface area (Å²) in [5.74, 6) is 0.921. The summed E-state index contributed by atoms with van der Waals surface area (Å²) >= 11 is 0. The van der Waals surface area contributed by atoms with E-state index in [1.807, 2.05) is 18.7 Å². The van der Waals surface area contributed by atoms with E-state index in [2.05, 4.69) is 46.3 Å². The van der Waals surface area contributed by atoms with E-state index in [-0.39, 0.29) is 12.5 Å². The molecule has 2 N–H and O–H groups in total. The number of ether oxygens (including phenoxy) is 1. The van der Waals surface area contributed by atoms with Gasteiger partial charge in [-0.25, -0.2) is 0 Å². The van der Waals surface area contributed by atoms with Crippen molar-refractivity contribution in [3.05, 3.63) is 0 Å². The maximum Gasteiger partial charge on any atom is 0.292 e. The predicted molar refractivity (Wildman–Crippen MR) is 100 cm³/mol. The molecule has 1 fully saturated rings. The van der Waals surface area contributed by atoms with Crippen molar-refractivity contribution < 1.29 is 14.3 Å². The Morgan fingerprint density at radius 2 is 1.65 bits per heavy atom. The monoisotopic (exact) mass is 334 g/mol. The van der Waals surface area contributed by atoms with Gasteiger partial charge in [0.1, 0.15) is 0 Å². The largest absolute Gasteiger partial charge is 0.471 e. The number of amides is 1. The van der Waals surface area contributed by atoms with Gasteiger partial charge in [-0.3, -0.25) is 9.59 Å². The zero-order chi connectivity index (χ0) is 19.3. The molecule has 1 heterocycles. The first-order valence-electron chi connectivity index (χ1n) is 8.78. The molecule has 0 aliphatic carbocycles. The highest BCUT2D eigenvalue weighted by atomic mass is 16.5. The van der Waals surface area contributed by atoms with Crippen LogP contribution in [0.5, 0.6) is 0 Å². The smallest absolute Gasteiger partial charge is 0.292 e. The molecular formula is C18H42N2O3.